The molecule has 0 saturated heterocycles. The highest BCUT2D eigenvalue weighted by Crippen LogP contribution is 2.24. The SMILES string of the molecule is CS(C)=O.O=[N+]([O-])c1ccc(N/N=C/c2ccc(-c3ccc([N+](=O)[O-])cc3)o2)cc1. The van der Waals surface area contributed by atoms with Gasteiger partial charge in [0.1, 0.15) is 11.5 Å². The van der Waals surface area contributed by atoms with Gasteiger partial charge >= 0.3 is 0 Å². The molecule has 1 N–H and O–H groups in total. The zero-order valence-electron chi connectivity index (χ0n) is 16.1. The lowest BCUT2D eigenvalue weighted by Crippen LogP contribution is -1.91. The summed E-state index contributed by atoms with van der Waals surface area (Å²) in [5.41, 5.74) is 4.05. The van der Waals surface area contributed by atoms with Crippen molar-refractivity contribution in [3.8, 4) is 11.3 Å². The molecule has 1 heterocycles. The molecule has 1 aromatic heterocycles. The molecule has 0 atom stereocenters. The van der Waals surface area contributed by atoms with Crippen molar-refractivity contribution in [2.45, 2.75) is 0 Å². The number of furan rings is 1. The topological polar surface area (TPSA) is 141 Å². The summed E-state index contributed by atoms with van der Waals surface area (Å²) in [5.74, 6) is 1.03. The Morgan fingerprint density at radius 3 is 1.90 bits per heavy atom. The second-order valence-electron chi connectivity index (χ2n) is 5.92. The lowest BCUT2D eigenvalue weighted by atomic mass is 10.1. The van der Waals surface area contributed by atoms with Gasteiger partial charge < -0.3 is 4.42 Å². The lowest BCUT2D eigenvalue weighted by Gasteiger charge is -1.98. The number of hydrogen-bond acceptors (Lipinski definition) is 8. The lowest BCUT2D eigenvalue weighted by molar-refractivity contribution is -0.385. The molecule has 0 aliphatic carbocycles. The van der Waals surface area contributed by atoms with Crippen LogP contribution in [0.1, 0.15) is 5.76 Å². The molecule has 10 nitrogen and oxygen atoms in total. The third kappa shape index (κ3) is 6.95. The van der Waals surface area contributed by atoms with E-state index in [4.69, 9.17) is 4.42 Å². The van der Waals surface area contributed by atoms with Gasteiger partial charge in [0.25, 0.3) is 11.4 Å². The first-order chi connectivity index (χ1) is 14.3. The van der Waals surface area contributed by atoms with E-state index in [1.807, 2.05) is 0 Å². The molecule has 0 saturated carbocycles. The molecule has 0 radical (unpaired) electrons. The minimum Gasteiger partial charge on any atom is -0.455 e. The zero-order chi connectivity index (χ0) is 22.1. The van der Waals surface area contributed by atoms with Crippen molar-refractivity contribution in [2.24, 2.45) is 5.10 Å². The van der Waals surface area contributed by atoms with Gasteiger partial charge in [-0.1, -0.05) is 0 Å². The molecule has 0 unspecified atom stereocenters. The highest BCUT2D eigenvalue weighted by atomic mass is 32.2. The van der Waals surface area contributed by atoms with Crippen LogP contribution >= 0.6 is 0 Å². The summed E-state index contributed by atoms with van der Waals surface area (Å²) in [6.07, 6.45) is 4.73. The monoisotopic (exact) mass is 430 g/mol. The fraction of sp³-hybridized carbons (Fsp3) is 0.105. The largest absolute Gasteiger partial charge is 0.455 e. The molecule has 11 heteroatoms. The van der Waals surface area contributed by atoms with Crippen LogP contribution in [0.15, 0.2) is 70.2 Å². The number of nitrogens with zero attached hydrogens (tertiary/aromatic N) is 3. The quantitative estimate of drug-likeness (QED) is 0.351. The first-order valence-electron chi connectivity index (χ1n) is 8.39. The van der Waals surface area contributed by atoms with Crippen LogP contribution in [0.2, 0.25) is 0 Å². The van der Waals surface area contributed by atoms with Crippen LogP contribution in [0.3, 0.4) is 0 Å². The van der Waals surface area contributed by atoms with Gasteiger partial charge in [-0.2, -0.15) is 5.10 Å². The van der Waals surface area contributed by atoms with Crippen LogP contribution in [-0.4, -0.2) is 32.8 Å². The maximum atomic E-state index is 10.7. The average molecular weight is 430 g/mol. The Kier molecular flexibility index (Phi) is 7.94. The first kappa shape index (κ1) is 22.4. The number of nitro groups is 2. The number of nitro benzene ring substituents is 2. The smallest absolute Gasteiger partial charge is 0.269 e. The van der Waals surface area contributed by atoms with Crippen molar-refractivity contribution >= 4 is 34.1 Å². The molecule has 156 valence electrons. The van der Waals surface area contributed by atoms with E-state index in [1.165, 1.54) is 30.5 Å². The van der Waals surface area contributed by atoms with Crippen LogP contribution < -0.4 is 5.43 Å². The third-order valence-corrected chi connectivity index (χ3v) is 3.45. The van der Waals surface area contributed by atoms with Crippen molar-refractivity contribution < 1.29 is 18.5 Å². The summed E-state index contributed by atoms with van der Waals surface area (Å²) >= 11 is 0. The highest BCUT2D eigenvalue weighted by Gasteiger charge is 2.08. The van der Waals surface area contributed by atoms with Crippen LogP contribution in [0.5, 0.6) is 0 Å². The van der Waals surface area contributed by atoms with Gasteiger partial charge in [-0.3, -0.25) is 29.9 Å². The van der Waals surface area contributed by atoms with E-state index in [9.17, 15) is 24.4 Å². The Morgan fingerprint density at radius 1 is 0.900 bits per heavy atom. The van der Waals surface area contributed by atoms with Gasteiger partial charge in [-0.15, -0.1) is 0 Å². The summed E-state index contributed by atoms with van der Waals surface area (Å²) in [7, 11) is -0.611. The van der Waals surface area contributed by atoms with E-state index in [1.54, 1.807) is 48.9 Å². The standard InChI is InChI=1S/C17H12N4O5.C2H6OS/c22-20(23)14-5-1-12(2-6-14)17-10-9-16(26-17)11-18-19-13-3-7-15(8-4-13)21(24)25;1-4(2)3/h1-11,19H;1-2H3/b18-11+;. The Balaban J connectivity index is 0.000000735. The summed E-state index contributed by atoms with van der Waals surface area (Å²) in [6.45, 7) is 0. The fourth-order valence-corrected chi connectivity index (χ4v) is 2.15. The van der Waals surface area contributed by atoms with Gasteiger partial charge in [0, 0.05) is 53.1 Å². The van der Waals surface area contributed by atoms with Crippen molar-refractivity contribution in [3.63, 3.8) is 0 Å². The summed E-state index contributed by atoms with van der Waals surface area (Å²) < 4.78 is 15.2. The minimum absolute atomic E-state index is 0.00157. The van der Waals surface area contributed by atoms with Crippen molar-refractivity contribution in [3.05, 3.63) is 86.7 Å². The molecule has 0 bridgehead atoms. The predicted octanol–water partition coefficient (Wildman–Crippen LogP) is 4.20. The van der Waals surface area contributed by atoms with E-state index < -0.39 is 20.6 Å². The van der Waals surface area contributed by atoms with Crippen molar-refractivity contribution in [2.75, 3.05) is 17.9 Å². The minimum atomic E-state index is -0.611. The molecule has 2 aromatic carbocycles. The zero-order valence-corrected chi connectivity index (χ0v) is 16.9. The Labute approximate surface area is 174 Å². The maximum Gasteiger partial charge on any atom is 0.269 e. The number of nitrogens with one attached hydrogen (secondary N) is 1. The van der Waals surface area contributed by atoms with Gasteiger partial charge in [-0.05, 0) is 36.4 Å². The molecular formula is C19H18N4O6S. The van der Waals surface area contributed by atoms with E-state index in [0.29, 0.717) is 22.8 Å². The second-order valence-corrected chi connectivity index (χ2v) is 7.40. The molecule has 0 aliphatic rings. The second kappa shape index (κ2) is 10.6. The summed E-state index contributed by atoms with van der Waals surface area (Å²) in [6, 6.07) is 15.3. The number of benzene rings is 2. The van der Waals surface area contributed by atoms with Gasteiger partial charge in [-0.25, -0.2) is 0 Å². The Morgan fingerprint density at radius 2 is 1.40 bits per heavy atom. The fourth-order valence-electron chi connectivity index (χ4n) is 2.15. The van der Waals surface area contributed by atoms with Crippen LogP contribution in [0, 0.1) is 20.2 Å². The molecule has 30 heavy (non-hydrogen) atoms. The Bertz CT molecular complexity index is 1060. The number of rotatable bonds is 6. The van der Waals surface area contributed by atoms with E-state index >= 15 is 0 Å². The van der Waals surface area contributed by atoms with Gasteiger partial charge in [0.2, 0.25) is 0 Å². The van der Waals surface area contributed by atoms with Crippen LogP contribution in [0.25, 0.3) is 11.3 Å². The normalized spacial score (nSPS) is 10.5. The van der Waals surface area contributed by atoms with Crippen molar-refractivity contribution in [1.82, 2.24) is 0 Å². The first-order valence-corrected chi connectivity index (χ1v) is 10.4. The molecule has 3 aromatic rings. The van der Waals surface area contributed by atoms with E-state index in [-0.39, 0.29) is 11.4 Å². The molecule has 3 rings (SSSR count). The summed E-state index contributed by atoms with van der Waals surface area (Å²) in [5, 5.41) is 25.3. The number of anilines is 1. The predicted molar refractivity (Wildman–Crippen MR) is 115 cm³/mol. The third-order valence-electron chi connectivity index (χ3n) is 3.45. The molecule has 0 fully saturated rings. The molecular weight excluding hydrogens is 412 g/mol. The van der Waals surface area contributed by atoms with E-state index in [2.05, 4.69) is 10.5 Å². The average Bonchev–Trinajstić information content (AvgIpc) is 3.17. The number of non-ortho nitro benzene ring substituents is 2. The van der Waals surface area contributed by atoms with Crippen LogP contribution in [-0.2, 0) is 10.8 Å². The van der Waals surface area contributed by atoms with E-state index in [0.717, 1.165) is 0 Å². The highest BCUT2D eigenvalue weighted by molar-refractivity contribution is 7.83. The molecule has 0 spiro atoms. The van der Waals surface area contributed by atoms with Crippen LogP contribution in [0.4, 0.5) is 17.1 Å². The summed E-state index contributed by atoms with van der Waals surface area (Å²) in [4.78, 5) is 20.3. The number of hydrogen-bond donors (Lipinski definition) is 1. The number of hydrazone groups is 1. The maximum absolute atomic E-state index is 10.7. The molecule has 0 amide bonds. The Hall–Kier alpha value is -3.86. The van der Waals surface area contributed by atoms with Gasteiger partial charge in [0.15, 0.2) is 0 Å². The van der Waals surface area contributed by atoms with Crippen molar-refractivity contribution in [1.29, 1.82) is 0 Å². The molecule has 0 aliphatic heterocycles. The van der Waals surface area contributed by atoms with Gasteiger partial charge in [0.05, 0.1) is 21.7 Å².